The molecule has 0 aliphatic carbocycles. The van der Waals surface area contributed by atoms with Gasteiger partial charge in [0.15, 0.2) is 9.84 Å². The van der Waals surface area contributed by atoms with Gasteiger partial charge >= 0.3 is 0 Å². The minimum Gasteiger partial charge on any atom is -0.381 e. The Hall–Kier alpha value is -0.620. The summed E-state index contributed by atoms with van der Waals surface area (Å²) in [6.07, 6.45) is 0. The number of amides is 1. The molecule has 0 spiro atoms. The molecule has 1 aliphatic heterocycles. The summed E-state index contributed by atoms with van der Waals surface area (Å²) in [6.45, 7) is 4.67. The van der Waals surface area contributed by atoms with Crippen LogP contribution in [0.3, 0.4) is 0 Å². The molecule has 6 heteroatoms. The van der Waals surface area contributed by atoms with E-state index in [4.69, 9.17) is 0 Å². The SMILES string of the molecule is CC1CS(=O)(=O)CCN1C(=O)C(C)(C)O. The van der Waals surface area contributed by atoms with Crippen molar-refractivity contribution in [1.29, 1.82) is 0 Å². The number of carbonyl (C=O) groups excluding carboxylic acids is 1. The average Bonchev–Trinajstić information content (AvgIpc) is 1.99. The van der Waals surface area contributed by atoms with E-state index in [1.54, 1.807) is 6.92 Å². The Labute approximate surface area is 90.0 Å². The Kier molecular flexibility index (Phi) is 3.11. The van der Waals surface area contributed by atoms with E-state index in [1.807, 2.05) is 0 Å². The quantitative estimate of drug-likeness (QED) is 0.659. The standard InChI is InChI=1S/C9H17NO4S/c1-7-6-15(13,14)5-4-10(7)8(11)9(2,3)12/h7,12H,4-6H2,1-3H3. The van der Waals surface area contributed by atoms with Crippen LogP contribution in [0.15, 0.2) is 0 Å². The van der Waals surface area contributed by atoms with Gasteiger partial charge in [0.05, 0.1) is 11.5 Å². The average molecular weight is 235 g/mol. The van der Waals surface area contributed by atoms with E-state index in [0.717, 1.165) is 0 Å². The summed E-state index contributed by atoms with van der Waals surface area (Å²) in [5, 5.41) is 9.55. The minimum atomic E-state index is -3.02. The molecule has 1 unspecified atom stereocenters. The number of hydrogen-bond acceptors (Lipinski definition) is 4. The molecule has 0 aromatic heterocycles. The van der Waals surface area contributed by atoms with Crippen molar-refractivity contribution in [2.75, 3.05) is 18.1 Å². The summed E-state index contributed by atoms with van der Waals surface area (Å²) in [5.74, 6) is -0.446. The number of nitrogens with zero attached hydrogens (tertiary/aromatic N) is 1. The first kappa shape index (κ1) is 12.4. The predicted molar refractivity (Wildman–Crippen MR) is 56.1 cm³/mol. The van der Waals surface area contributed by atoms with Gasteiger partial charge in [0.1, 0.15) is 5.60 Å². The van der Waals surface area contributed by atoms with E-state index < -0.39 is 21.3 Å². The summed E-state index contributed by atoms with van der Waals surface area (Å²) in [6, 6.07) is -0.359. The Morgan fingerprint density at radius 3 is 2.40 bits per heavy atom. The molecule has 15 heavy (non-hydrogen) atoms. The molecule has 0 saturated carbocycles. The van der Waals surface area contributed by atoms with Crippen LogP contribution >= 0.6 is 0 Å². The van der Waals surface area contributed by atoms with E-state index >= 15 is 0 Å². The fourth-order valence-corrected chi connectivity index (χ4v) is 3.21. The first-order valence-electron chi connectivity index (χ1n) is 4.87. The molecule has 0 aromatic rings. The topological polar surface area (TPSA) is 74.7 Å². The molecule has 1 fully saturated rings. The van der Waals surface area contributed by atoms with Gasteiger partial charge in [-0.05, 0) is 20.8 Å². The molecule has 0 bridgehead atoms. The van der Waals surface area contributed by atoms with Gasteiger partial charge in [0.2, 0.25) is 0 Å². The zero-order valence-corrected chi connectivity index (χ0v) is 10.0. The maximum Gasteiger partial charge on any atom is 0.254 e. The van der Waals surface area contributed by atoms with Crippen molar-refractivity contribution >= 4 is 15.7 Å². The highest BCUT2D eigenvalue weighted by molar-refractivity contribution is 7.91. The van der Waals surface area contributed by atoms with Gasteiger partial charge in [-0.15, -0.1) is 0 Å². The zero-order valence-electron chi connectivity index (χ0n) is 9.23. The van der Waals surface area contributed by atoms with Crippen LogP contribution in [-0.4, -0.2) is 54.0 Å². The lowest BCUT2D eigenvalue weighted by Crippen LogP contribution is -2.55. The Morgan fingerprint density at radius 2 is 2.00 bits per heavy atom. The largest absolute Gasteiger partial charge is 0.381 e. The van der Waals surface area contributed by atoms with Crippen molar-refractivity contribution in [2.45, 2.75) is 32.4 Å². The maximum absolute atomic E-state index is 11.7. The normalized spacial score (nSPS) is 26.4. The number of hydrogen-bond donors (Lipinski definition) is 1. The third-order valence-corrected chi connectivity index (χ3v) is 4.25. The maximum atomic E-state index is 11.7. The van der Waals surface area contributed by atoms with Gasteiger partial charge in [0, 0.05) is 12.6 Å². The highest BCUT2D eigenvalue weighted by Crippen LogP contribution is 2.16. The predicted octanol–water partition coefficient (Wildman–Crippen LogP) is -0.597. The molecule has 1 N–H and O–H groups in total. The van der Waals surface area contributed by atoms with E-state index in [1.165, 1.54) is 18.7 Å². The van der Waals surface area contributed by atoms with Crippen LogP contribution in [0.2, 0.25) is 0 Å². The monoisotopic (exact) mass is 235 g/mol. The molecule has 1 rings (SSSR count). The van der Waals surface area contributed by atoms with E-state index in [9.17, 15) is 18.3 Å². The van der Waals surface area contributed by atoms with Crippen molar-refractivity contribution in [2.24, 2.45) is 0 Å². The summed E-state index contributed by atoms with van der Waals surface area (Å²) in [4.78, 5) is 13.2. The molecular formula is C9H17NO4S. The summed E-state index contributed by atoms with van der Waals surface area (Å²) >= 11 is 0. The van der Waals surface area contributed by atoms with E-state index in [2.05, 4.69) is 0 Å². The fourth-order valence-electron chi connectivity index (χ4n) is 1.65. The lowest BCUT2D eigenvalue weighted by molar-refractivity contribution is -0.149. The molecule has 1 aliphatic rings. The second-order valence-corrected chi connectivity index (χ2v) is 6.75. The third-order valence-electron chi connectivity index (χ3n) is 2.45. The Morgan fingerprint density at radius 1 is 1.47 bits per heavy atom. The number of sulfone groups is 1. The van der Waals surface area contributed by atoms with Crippen molar-refractivity contribution in [1.82, 2.24) is 4.90 Å². The molecule has 88 valence electrons. The highest BCUT2D eigenvalue weighted by Gasteiger charge is 2.37. The highest BCUT2D eigenvalue weighted by atomic mass is 32.2. The third kappa shape index (κ3) is 2.92. The molecule has 1 atom stereocenters. The fraction of sp³-hybridized carbons (Fsp3) is 0.889. The van der Waals surface area contributed by atoms with E-state index in [0.29, 0.717) is 0 Å². The lowest BCUT2D eigenvalue weighted by atomic mass is 10.1. The smallest absolute Gasteiger partial charge is 0.254 e. The van der Waals surface area contributed by atoms with Crippen LogP contribution in [0.1, 0.15) is 20.8 Å². The lowest BCUT2D eigenvalue weighted by Gasteiger charge is -2.36. The van der Waals surface area contributed by atoms with Crippen molar-refractivity contribution < 1.29 is 18.3 Å². The summed E-state index contributed by atoms with van der Waals surface area (Å²) < 4.78 is 22.6. The minimum absolute atomic E-state index is 0.0147. The first-order valence-corrected chi connectivity index (χ1v) is 6.69. The first-order chi connectivity index (χ1) is 6.63. The van der Waals surface area contributed by atoms with Crippen molar-refractivity contribution in [3.63, 3.8) is 0 Å². The molecule has 1 saturated heterocycles. The van der Waals surface area contributed by atoms with Gasteiger partial charge in [0.25, 0.3) is 5.91 Å². The van der Waals surface area contributed by atoms with Crippen LogP contribution in [0.5, 0.6) is 0 Å². The number of aliphatic hydroxyl groups is 1. The van der Waals surface area contributed by atoms with Gasteiger partial charge in [-0.25, -0.2) is 8.42 Å². The van der Waals surface area contributed by atoms with Crippen molar-refractivity contribution in [3.8, 4) is 0 Å². The van der Waals surface area contributed by atoms with Crippen LogP contribution in [0.4, 0.5) is 0 Å². The van der Waals surface area contributed by atoms with Crippen LogP contribution < -0.4 is 0 Å². The Balaban J connectivity index is 2.80. The van der Waals surface area contributed by atoms with Crippen molar-refractivity contribution in [3.05, 3.63) is 0 Å². The van der Waals surface area contributed by atoms with Crippen LogP contribution in [0, 0.1) is 0 Å². The number of carbonyl (C=O) groups is 1. The van der Waals surface area contributed by atoms with E-state index in [-0.39, 0.29) is 24.1 Å². The summed E-state index contributed by atoms with van der Waals surface area (Å²) in [7, 11) is -3.02. The molecule has 5 nitrogen and oxygen atoms in total. The number of rotatable bonds is 1. The van der Waals surface area contributed by atoms with Crippen LogP contribution in [-0.2, 0) is 14.6 Å². The zero-order chi connectivity index (χ0) is 11.9. The molecule has 0 radical (unpaired) electrons. The molecule has 0 aromatic carbocycles. The summed E-state index contributed by atoms with van der Waals surface area (Å²) in [5.41, 5.74) is -1.44. The molecule has 1 amide bonds. The van der Waals surface area contributed by atoms with Gasteiger partial charge in [-0.1, -0.05) is 0 Å². The molecular weight excluding hydrogens is 218 g/mol. The van der Waals surface area contributed by atoms with Gasteiger partial charge in [-0.2, -0.15) is 0 Å². The second kappa shape index (κ2) is 3.75. The van der Waals surface area contributed by atoms with Crippen LogP contribution in [0.25, 0.3) is 0 Å². The second-order valence-electron chi connectivity index (χ2n) is 4.52. The van der Waals surface area contributed by atoms with Gasteiger partial charge in [-0.3, -0.25) is 4.79 Å². The molecule has 1 heterocycles. The Bertz CT molecular complexity index is 355. The van der Waals surface area contributed by atoms with Gasteiger partial charge < -0.3 is 10.0 Å².